The van der Waals surface area contributed by atoms with Crippen molar-refractivity contribution in [3.05, 3.63) is 34.9 Å². The summed E-state index contributed by atoms with van der Waals surface area (Å²) in [4.78, 5) is 32.3. The highest BCUT2D eigenvalue weighted by Crippen LogP contribution is 2.12. The summed E-state index contributed by atoms with van der Waals surface area (Å²) in [5.41, 5.74) is 3.24. The van der Waals surface area contributed by atoms with Gasteiger partial charge in [0.2, 0.25) is 11.8 Å². The second-order valence-electron chi connectivity index (χ2n) is 6.42. The zero-order valence-electron chi connectivity index (χ0n) is 16.6. The quantitative estimate of drug-likeness (QED) is 0.641. The standard InChI is InChI=1S/C11H14O.C6H9NO2.C4H10/c1-4-10-7-8(2)5-6-11(10)9(3)12;1-4-2-3-5(8)7-6(4)9;1-3-4-2/h5-7H,4H2,1-3H3;4H,2-3H2,1H3,(H,7,8,9);3-4H2,1-2H3. The molecule has 1 fully saturated rings. The van der Waals surface area contributed by atoms with Crippen molar-refractivity contribution >= 4 is 17.6 Å². The third-order valence-electron chi connectivity index (χ3n) is 4.04. The minimum absolute atomic E-state index is 0.0164. The molecular weight excluding hydrogens is 314 g/mol. The number of unbranched alkanes of at least 4 members (excludes halogenated alkanes) is 1. The maximum Gasteiger partial charge on any atom is 0.229 e. The molecule has 1 aromatic carbocycles. The summed E-state index contributed by atoms with van der Waals surface area (Å²) in [6, 6.07) is 5.98. The molecule has 1 atom stereocenters. The predicted molar refractivity (Wildman–Crippen MR) is 103 cm³/mol. The van der Waals surface area contributed by atoms with Crippen molar-refractivity contribution in [2.45, 2.75) is 73.6 Å². The van der Waals surface area contributed by atoms with E-state index in [4.69, 9.17) is 0 Å². The van der Waals surface area contributed by atoms with Crippen LogP contribution in [0.1, 0.15) is 81.8 Å². The summed E-state index contributed by atoms with van der Waals surface area (Å²) >= 11 is 0. The highest BCUT2D eigenvalue weighted by molar-refractivity contribution is 5.98. The molecular formula is C21H33NO3. The predicted octanol–water partition coefficient (Wildman–Crippen LogP) is 4.63. The number of piperidine rings is 1. The van der Waals surface area contributed by atoms with Crippen molar-refractivity contribution in [2.24, 2.45) is 5.92 Å². The number of hydrogen-bond donors (Lipinski definition) is 1. The number of carbonyl (C=O) groups excluding carboxylic acids is 3. The number of hydrogen-bond acceptors (Lipinski definition) is 3. The first-order valence-corrected chi connectivity index (χ1v) is 9.20. The van der Waals surface area contributed by atoms with E-state index in [1.807, 2.05) is 26.0 Å². The van der Waals surface area contributed by atoms with Gasteiger partial charge in [0.15, 0.2) is 5.78 Å². The molecule has 1 aliphatic heterocycles. The van der Waals surface area contributed by atoms with Crippen LogP contribution < -0.4 is 5.32 Å². The van der Waals surface area contributed by atoms with E-state index >= 15 is 0 Å². The van der Waals surface area contributed by atoms with Crippen LogP contribution in [0.15, 0.2) is 18.2 Å². The summed E-state index contributed by atoms with van der Waals surface area (Å²) in [5, 5.41) is 2.25. The summed E-state index contributed by atoms with van der Waals surface area (Å²) in [6.07, 6.45) is 4.76. The van der Waals surface area contributed by atoms with Gasteiger partial charge >= 0.3 is 0 Å². The highest BCUT2D eigenvalue weighted by Gasteiger charge is 2.21. The van der Waals surface area contributed by atoms with Crippen molar-refractivity contribution in [3.63, 3.8) is 0 Å². The molecule has 0 aromatic heterocycles. The largest absolute Gasteiger partial charge is 0.296 e. The summed E-state index contributed by atoms with van der Waals surface area (Å²) in [5.74, 6) is -0.0982. The van der Waals surface area contributed by atoms with Crippen LogP contribution in [0.4, 0.5) is 0 Å². The lowest BCUT2D eigenvalue weighted by atomic mass is 10.00. The molecule has 140 valence electrons. The van der Waals surface area contributed by atoms with Crippen LogP contribution in [0.25, 0.3) is 0 Å². The fourth-order valence-electron chi connectivity index (χ4n) is 2.16. The Morgan fingerprint density at radius 3 is 2.16 bits per heavy atom. The van der Waals surface area contributed by atoms with Crippen LogP contribution >= 0.6 is 0 Å². The average Bonchev–Trinajstić information content (AvgIpc) is 2.58. The van der Waals surface area contributed by atoms with Gasteiger partial charge in [-0.25, -0.2) is 0 Å². The van der Waals surface area contributed by atoms with Crippen LogP contribution in [-0.4, -0.2) is 17.6 Å². The van der Waals surface area contributed by atoms with Gasteiger partial charge in [0, 0.05) is 17.9 Å². The van der Waals surface area contributed by atoms with Gasteiger partial charge < -0.3 is 0 Å². The number of Topliss-reactive ketones (excluding diaryl/α,β-unsaturated/α-hetero) is 1. The molecule has 1 heterocycles. The summed E-state index contributed by atoms with van der Waals surface area (Å²) in [6.45, 7) is 11.9. The number of aryl methyl sites for hydroxylation is 2. The fraction of sp³-hybridized carbons (Fsp3) is 0.571. The van der Waals surface area contributed by atoms with E-state index in [0.717, 1.165) is 17.5 Å². The third-order valence-corrected chi connectivity index (χ3v) is 4.04. The van der Waals surface area contributed by atoms with Gasteiger partial charge in [0.1, 0.15) is 0 Å². The molecule has 0 aliphatic carbocycles. The summed E-state index contributed by atoms with van der Waals surface area (Å²) in [7, 11) is 0. The number of nitrogens with one attached hydrogen (secondary N) is 1. The van der Waals surface area contributed by atoms with Gasteiger partial charge in [-0.2, -0.15) is 0 Å². The molecule has 4 nitrogen and oxygen atoms in total. The molecule has 1 saturated heterocycles. The minimum atomic E-state index is -0.141. The van der Waals surface area contributed by atoms with Gasteiger partial charge in [-0.05, 0) is 32.3 Å². The number of amides is 2. The summed E-state index contributed by atoms with van der Waals surface area (Å²) < 4.78 is 0. The maximum atomic E-state index is 11.1. The number of rotatable bonds is 3. The normalized spacial score (nSPS) is 16.0. The van der Waals surface area contributed by atoms with Crippen molar-refractivity contribution in [1.29, 1.82) is 0 Å². The van der Waals surface area contributed by atoms with Gasteiger partial charge in [-0.1, -0.05) is 64.3 Å². The van der Waals surface area contributed by atoms with Gasteiger partial charge in [-0.15, -0.1) is 0 Å². The van der Waals surface area contributed by atoms with Gasteiger partial charge in [-0.3, -0.25) is 19.7 Å². The Labute approximate surface area is 152 Å². The lowest BCUT2D eigenvalue weighted by Gasteiger charge is -2.15. The first kappa shape index (κ1) is 23.0. The topological polar surface area (TPSA) is 63.2 Å². The molecule has 0 spiro atoms. The molecule has 1 aromatic rings. The molecule has 2 rings (SSSR count). The first-order chi connectivity index (χ1) is 11.8. The second-order valence-corrected chi connectivity index (χ2v) is 6.42. The van der Waals surface area contributed by atoms with E-state index in [1.54, 1.807) is 6.92 Å². The Balaban J connectivity index is 0.000000391. The molecule has 4 heteroatoms. The zero-order valence-corrected chi connectivity index (χ0v) is 16.6. The van der Waals surface area contributed by atoms with Crippen LogP contribution in [-0.2, 0) is 16.0 Å². The van der Waals surface area contributed by atoms with E-state index in [2.05, 4.69) is 32.2 Å². The molecule has 0 bridgehead atoms. The smallest absolute Gasteiger partial charge is 0.229 e. The lowest BCUT2D eigenvalue weighted by molar-refractivity contribution is -0.135. The van der Waals surface area contributed by atoms with Crippen LogP contribution in [0.3, 0.4) is 0 Å². The Hall–Kier alpha value is -1.97. The van der Waals surface area contributed by atoms with Crippen molar-refractivity contribution in [2.75, 3.05) is 0 Å². The Kier molecular flexibility index (Phi) is 11.4. The third kappa shape index (κ3) is 9.18. The SMILES string of the molecule is CC1CCC(=O)NC1=O.CCCC.CCc1cc(C)ccc1C(C)=O. The van der Waals surface area contributed by atoms with E-state index in [0.29, 0.717) is 12.8 Å². The molecule has 25 heavy (non-hydrogen) atoms. The number of benzene rings is 1. The van der Waals surface area contributed by atoms with Crippen molar-refractivity contribution in [3.8, 4) is 0 Å². The van der Waals surface area contributed by atoms with Crippen LogP contribution in [0, 0.1) is 12.8 Å². The number of imide groups is 1. The first-order valence-electron chi connectivity index (χ1n) is 9.20. The van der Waals surface area contributed by atoms with Crippen molar-refractivity contribution < 1.29 is 14.4 Å². The van der Waals surface area contributed by atoms with Gasteiger partial charge in [0.25, 0.3) is 0 Å². The minimum Gasteiger partial charge on any atom is -0.296 e. The lowest BCUT2D eigenvalue weighted by Crippen LogP contribution is -2.39. The van der Waals surface area contributed by atoms with Gasteiger partial charge in [0.05, 0.1) is 0 Å². The number of carbonyl (C=O) groups is 3. The molecule has 2 amide bonds. The molecule has 1 unspecified atom stereocenters. The fourth-order valence-corrected chi connectivity index (χ4v) is 2.16. The molecule has 0 radical (unpaired) electrons. The Morgan fingerprint density at radius 2 is 1.76 bits per heavy atom. The molecule has 0 saturated carbocycles. The van der Waals surface area contributed by atoms with E-state index in [1.165, 1.54) is 18.4 Å². The number of ketones is 1. The maximum absolute atomic E-state index is 11.1. The molecule has 1 N–H and O–H groups in total. The molecule has 1 aliphatic rings. The van der Waals surface area contributed by atoms with Crippen molar-refractivity contribution in [1.82, 2.24) is 5.32 Å². The second kappa shape index (κ2) is 12.4. The Morgan fingerprint density at radius 1 is 1.16 bits per heavy atom. The van der Waals surface area contributed by atoms with Crippen LogP contribution in [0.5, 0.6) is 0 Å². The van der Waals surface area contributed by atoms with Crippen LogP contribution in [0.2, 0.25) is 0 Å². The van der Waals surface area contributed by atoms with E-state index in [-0.39, 0.29) is 23.5 Å². The zero-order chi connectivity index (χ0) is 19.4. The monoisotopic (exact) mass is 347 g/mol. The van der Waals surface area contributed by atoms with E-state index in [9.17, 15) is 14.4 Å². The average molecular weight is 347 g/mol. The van der Waals surface area contributed by atoms with E-state index < -0.39 is 0 Å². The Bertz CT molecular complexity index is 577. The highest BCUT2D eigenvalue weighted by atomic mass is 16.2.